The summed E-state index contributed by atoms with van der Waals surface area (Å²) in [6.07, 6.45) is 4.75. The minimum atomic E-state index is -0.649. The van der Waals surface area contributed by atoms with Crippen LogP contribution in [-0.4, -0.2) is 42.6 Å². The van der Waals surface area contributed by atoms with Gasteiger partial charge >= 0.3 is 5.97 Å². The van der Waals surface area contributed by atoms with Crippen molar-refractivity contribution in [3.05, 3.63) is 35.0 Å². The molecule has 0 spiro atoms. The Morgan fingerprint density at radius 2 is 2.08 bits per heavy atom. The summed E-state index contributed by atoms with van der Waals surface area (Å²) in [4.78, 5) is 14.3. The molecule has 0 atom stereocenters. The third-order valence-corrected chi connectivity index (χ3v) is 4.45. The van der Waals surface area contributed by atoms with E-state index < -0.39 is 5.97 Å². The van der Waals surface area contributed by atoms with E-state index in [0.29, 0.717) is 12.1 Å². The molecule has 1 aromatic carbocycles. The van der Waals surface area contributed by atoms with Gasteiger partial charge in [0.1, 0.15) is 6.34 Å². The summed E-state index contributed by atoms with van der Waals surface area (Å²) in [6, 6.07) is 5.88. The number of aliphatic hydroxyl groups is 1. The molecule has 0 aromatic heterocycles. The third kappa shape index (κ3) is 2.89. The summed E-state index contributed by atoms with van der Waals surface area (Å²) in [5.74, 6) is -0.789. The zero-order chi connectivity index (χ0) is 17.1. The maximum atomic E-state index is 12.0. The summed E-state index contributed by atoms with van der Waals surface area (Å²) >= 11 is 0. The molecule has 3 N–H and O–H groups in total. The fourth-order valence-corrected chi connectivity index (χ4v) is 3.26. The molecule has 0 bridgehead atoms. The predicted molar refractivity (Wildman–Crippen MR) is 92.3 cm³/mol. The van der Waals surface area contributed by atoms with E-state index in [1.807, 2.05) is 18.2 Å². The summed E-state index contributed by atoms with van der Waals surface area (Å²) in [6.45, 7) is 2.43. The number of benzene rings is 1. The van der Waals surface area contributed by atoms with Gasteiger partial charge in [-0.15, -0.1) is 0 Å². The van der Waals surface area contributed by atoms with Gasteiger partial charge in [-0.05, 0) is 43.0 Å². The number of nitrogens with two attached hydrogens (primary N) is 1. The van der Waals surface area contributed by atoms with Gasteiger partial charge in [0.25, 0.3) is 0 Å². The Balaban J connectivity index is 2.00. The first-order valence-corrected chi connectivity index (χ1v) is 8.07. The number of carbonyl (C=O) groups is 1. The van der Waals surface area contributed by atoms with E-state index >= 15 is 0 Å². The Kier molecular flexibility index (Phi) is 4.59. The Morgan fingerprint density at radius 3 is 2.75 bits per heavy atom. The number of rotatable bonds is 3. The zero-order valence-corrected chi connectivity index (χ0v) is 13.7. The highest BCUT2D eigenvalue weighted by Crippen LogP contribution is 2.34. The minimum absolute atomic E-state index is 0.00239. The molecule has 0 radical (unpaired) electrons. The monoisotopic (exact) mass is 330 g/mol. The fourth-order valence-electron chi connectivity index (χ4n) is 3.26. The Morgan fingerprint density at radius 1 is 1.33 bits per heavy atom. The lowest BCUT2D eigenvalue weighted by atomic mass is 9.98. The van der Waals surface area contributed by atoms with Gasteiger partial charge in [-0.2, -0.15) is 5.10 Å². The first-order chi connectivity index (χ1) is 11.7. The smallest absolute Gasteiger partial charge is 0.360 e. The van der Waals surface area contributed by atoms with Crippen molar-refractivity contribution in [2.24, 2.45) is 10.8 Å². The Hall–Kier alpha value is -2.70. The van der Waals surface area contributed by atoms with E-state index in [0.717, 1.165) is 30.7 Å². The second kappa shape index (κ2) is 6.82. The zero-order valence-electron chi connectivity index (χ0n) is 13.7. The Bertz CT molecular complexity index is 693. The molecule has 1 fully saturated rings. The number of aliphatic hydroxyl groups excluding tert-OH is 1. The lowest BCUT2D eigenvalue weighted by Crippen LogP contribution is -2.31. The molecule has 0 unspecified atom stereocenters. The molecule has 0 saturated carbocycles. The molecular weight excluding hydrogens is 308 g/mol. The predicted octanol–water partition coefficient (Wildman–Crippen LogP) is 1.79. The average molecular weight is 330 g/mol. The van der Waals surface area contributed by atoms with Crippen LogP contribution in [0.5, 0.6) is 0 Å². The molecule has 7 heteroatoms. The van der Waals surface area contributed by atoms with Crippen LogP contribution in [0.15, 0.2) is 29.0 Å². The van der Waals surface area contributed by atoms with Crippen LogP contribution in [0.4, 0.5) is 5.69 Å². The first-order valence-electron chi connectivity index (χ1n) is 8.07. The molecule has 0 aliphatic carbocycles. The van der Waals surface area contributed by atoms with E-state index in [2.05, 4.69) is 10.0 Å². The maximum absolute atomic E-state index is 12.0. The summed E-state index contributed by atoms with van der Waals surface area (Å²) in [5, 5.41) is 15.9. The SMILES string of the molecule is COC(=O)C1=C(O)c2ccc(N3CCCCC3)cc2CN1/N=C\N. The van der Waals surface area contributed by atoms with Gasteiger partial charge in [-0.3, -0.25) is 0 Å². The lowest BCUT2D eigenvalue weighted by Gasteiger charge is -2.31. The van der Waals surface area contributed by atoms with Crippen molar-refractivity contribution in [1.82, 2.24) is 5.01 Å². The second-order valence-electron chi connectivity index (χ2n) is 5.90. The number of nitrogens with zero attached hydrogens (tertiary/aromatic N) is 3. The van der Waals surface area contributed by atoms with E-state index in [4.69, 9.17) is 10.5 Å². The largest absolute Gasteiger partial charge is 0.505 e. The number of fused-ring (bicyclic) bond motifs is 1. The van der Waals surface area contributed by atoms with Crippen molar-refractivity contribution < 1.29 is 14.6 Å². The summed E-state index contributed by atoms with van der Waals surface area (Å²) in [5.41, 5.74) is 8.02. The van der Waals surface area contributed by atoms with E-state index in [1.54, 1.807) is 0 Å². The van der Waals surface area contributed by atoms with Gasteiger partial charge < -0.3 is 20.5 Å². The van der Waals surface area contributed by atoms with Gasteiger partial charge in [0.05, 0.1) is 13.7 Å². The second-order valence-corrected chi connectivity index (χ2v) is 5.90. The highest BCUT2D eigenvalue weighted by molar-refractivity contribution is 5.96. The van der Waals surface area contributed by atoms with Crippen molar-refractivity contribution in [1.29, 1.82) is 0 Å². The van der Waals surface area contributed by atoms with Gasteiger partial charge in [-0.1, -0.05) is 0 Å². The van der Waals surface area contributed by atoms with Crippen LogP contribution in [0.1, 0.15) is 30.4 Å². The molecule has 2 aliphatic rings. The topological polar surface area (TPSA) is 91.4 Å². The number of anilines is 1. The van der Waals surface area contributed by atoms with Crippen LogP contribution in [0.3, 0.4) is 0 Å². The average Bonchev–Trinajstić information content (AvgIpc) is 2.62. The van der Waals surface area contributed by atoms with E-state index in [9.17, 15) is 9.90 Å². The molecule has 1 saturated heterocycles. The fraction of sp³-hybridized carbons (Fsp3) is 0.412. The van der Waals surface area contributed by atoms with Crippen LogP contribution < -0.4 is 10.6 Å². The van der Waals surface area contributed by atoms with Gasteiger partial charge in [0.15, 0.2) is 11.5 Å². The van der Waals surface area contributed by atoms with Crippen molar-refractivity contribution >= 4 is 23.8 Å². The summed E-state index contributed by atoms with van der Waals surface area (Å²) < 4.78 is 4.75. The highest BCUT2D eigenvalue weighted by Gasteiger charge is 2.30. The van der Waals surface area contributed by atoms with Crippen LogP contribution in [0, 0.1) is 0 Å². The van der Waals surface area contributed by atoms with Gasteiger partial charge in [-0.25, -0.2) is 9.80 Å². The van der Waals surface area contributed by atoms with Gasteiger partial charge in [0.2, 0.25) is 0 Å². The van der Waals surface area contributed by atoms with Crippen LogP contribution in [0.25, 0.3) is 5.76 Å². The molecular formula is C17H22N4O3. The molecule has 0 amide bonds. The number of hydrogen-bond acceptors (Lipinski definition) is 6. The molecule has 1 aromatic rings. The number of piperidine rings is 1. The normalized spacial score (nSPS) is 18.0. The van der Waals surface area contributed by atoms with E-state index in [1.165, 1.54) is 31.4 Å². The number of carbonyl (C=O) groups excluding carboxylic acids is 1. The van der Waals surface area contributed by atoms with E-state index in [-0.39, 0.29) is 11.5 Å². The standard InChI is InChI=1S/C17H22N4O3/c1-24-17(23)15-16(22)14-6-5-13(20-7-3-2-4-8-20)9-12(14)10-21(15)19-11-18/h5-6,9,11,22H,2-4,7-8,10H2,1H3,(H2,18,19). The number of methoxy groups -OCH3 is 1. The number of hydrazone groups is 1. The van der Waals surface area contributed by atoms with Crippen molar-refractivity contribution in [2.75, 3.05) is 25.1 Å². The molecule has 2 aliphatic heterocycles. The first kappa shape index (κ1) is 16.2. The summed E-state index contributed by atoms with van der Waals surface area (Å²) in [7, 11) is 1.27. The maximum Gasteiger partial charge on any atom is 0.360 e. The molecule has 2 heterocycles. The van der Waals surface area contributed by atoms with Crippen LogP contribution >= 0.6 is 0 Å². The van der Waals surface area contributed by atoms with Crippen LogP contribution in [0.2, 0.25) is 0 Å². The molecule has 7 nitrogen and oxygen atoms in total. The third-order valence-electron chi connectivity index (χ3n) is 4.45. The molecule has 3 rings (SSSR count). The Labute approximate surface area is 141 Å². The van der Waals surface area contributed by atoms with Gasteiger partial charge in [0, 0.05) is 24.3 Å². The van der Waals surface area contributed by atoms with Crippen molar-refractivity contribution in [3.8, 4) is 0 Å². The van der Waals surface area contributed by atoms with Crippen molar-refractivity contribution in [2.45, 2.75) is 25.8 Å². The highest BCUT2D eigenvalue weighted by atomic mass is 16.5. The number of ether oxygens (including phenoxy) is 1. The quantitative estimate of drug-likeness (QED) is 0.499. The molecule has 24 heavy (non-hydrogen) atoms. The lowest BCUT2D eigenvalue weighted by molar-refractivity contribution is -0.138. The van der Waals surface area contributed by atoms with Crippen molar-refractivity contribution in [3.63, 3.8) is 0 Å². The number of hydrogen-bond donors (Lipinski definition) is 2. The minimum Gasteiger partial charge on any atom is -0.505 e. The van der Waals surface area contributed by atoms with Crippen LogP contribution in [-0.2, 0) is 16.1 Å². The molecule has 128 valence electrons. The number of esters is 1.